The van der Waals surface area contributed by atoms with Crippen molar-refractivity contribution in [2.24, 2.45) is 5.92 Å². The number of carbonyl (C=O) groups excluding carboxylic acids is 2. The van der Waals surface area contributed by atoms with Crippen LogP contribution in [-0.2, 0) is 9.53 Å². The first-order chi connectivity index (χ1) is 13.9. The third kappa shape index (κ3) is 9.62. The van der Waals surface area contributed by atoms with Crippen LogP contribution in [0.15, 0.2) is 24.3 Å². The minimum atomic E-state index is -0.972. The lowest BCUT2D eigenvalue weighted by molar-refractivity contribution is -0.134. The smallest absolute Gasteiger partial charge is 0.410 e. The third-order valence-corrected chi connectivity index (χ3v) is 3.77. The maximum atomic E-state index is 12.6. The van der Waals surface area contributed by atoms with Gasteiger partial charge in [0.1, 0.15) is 12.1 Å². The summed E-state index contributed by atoms with van der Waals surface area (Å²) in [5.74, 6) is -0.284. The Morgan fingerprint density at radius 2 is 1.60 bits per heavy atom. The molecule has 2 N–H and O–H groups in total. The number of nitrogens with one attached hydrogen (secondary N) is 1. The summed E-state index contributed by atoms with van der Waals surface area (Å²) in [6.07, 6.45) is -0.371. The standard InChI is InChI=1S/C18H25N3O5.C4H10/c1-18(2,3)26-17(25)21-9-7-20(8-10-21)16(24)13-5-4-6-14(11-13)19-12-15(22)23;1-4(2)3/h4-6,11,19H,7-10,12H2,1-3H3,(H,22,23);4H,1-3H3. The van der Waals surface area contributed by atoms with Crippen molar-refractivity contribution in [1.82, 2.24) is 9.80 Å². The SMILES string of the molecule is CC(C)(C)OC(=O)N1CCN(C(=O)c2cccc(NCC(=O)O)c2)CC1.CC(C)C. The van der Waals surface area contributed by atoms with Crippen LogP contribution in [0.4, 0.5) is 10.5 Å². The number of aliphatic carboxylic acids is 1. The van der Waals surface area contributed by atoms with E-state index in [2.05, 4.69) is 26.1 Å². The van der Waals surface area contributed by atoms with Crippen LogP contribution in [0.1, 0.15) is 51.9 Å². The number of benzene rings is 1. The van der Waals surface area contributed by atoms with E-state index in [1.165, 1.54) is 0 Å². The summed E-state index contributed by atoms with van der Waals surface area (Å²) < 4.78 is 5.35. The van der Waals surface area contributed by atoms with Crippen LogP contribution in [0, 0.1) is 5.92 Å². The van der Waals surface area contributed by atoms with Gasteiger partial charge in [0.15, 0.2) is 0 Å². The molecular formula is C22H35N3O5. The zero-order valence-electron chi connectivity index (χ0n) is 18.9. The van der Waals surface area contributed by atoms with Crippen LogP contribution in [0.3, 0.4) is 0 Å². The molecule has 8 nitrogen and oxygen atoms in total. The van der Waals surface area contributed by atoms with Crippen molar-refractivity contribution in [3.8, 4) is 0 Å². The van der Waals surface area contributed by atoms with Crippen LogP contribution in [0.25, 0.3) is 0 Å². The van der Waals surface area contributed by atoms with Crippen molar-refractivity contribution in [1.29, 1.82) is 0 Å². The van der Waals surface area contributed by atoms with E-state index in [0.29, 0.717) is 37.4 Å². The van der Waals surface area contributed by atoms with Gasteiger partial charge >= 0.3 is 12.1 Å². The highest BCUT2D eigenvalue weighted by molar-refractivity contribution is 5.95. The Morgan fingerprint density at radius 1 is 1.07 bits per heavy atom. The maximum Gasteiger partial charge on any atom is 0.410 e. The number of carboxylic acids is 1. The highest BCUT2D eigenvalue weighted by atomic mass is 16.6. The van der Waals surface area contributed by atoms with E-state index in [1.54, 1.807) is 34.1 Å². The molecule has 0 atom stereocenters. The van der Waals surface area contributed by atoms with Crippen molar-refractivity contribution in [2.45, 2.75) is 47.1 Å². The Bertz CT molecular complexity index is 717. The molecule has 0 bridgehead atoms. The number of ether oxygens (including phenoxy) is 1. The molecule has 1 heterocycles. The number of carboxylic acid groups (broad SMARTS) is 1. The molecule has 30 heavy (non-hydrogen) atoms. The lowest BCUT2D eigenvalue weighted by Crippen LogP contribution is -2.51. The first kappa shape index (κ1) is 25.3. The van der Waals surface area contributed by atoms with Crippen molar-refractivity contribution in [3.63, 3.8) is 0 Å². The normalized spacial score (nSPS) is 14.0. The van der Waals surface area contributed by atoms with Crippen LogP contribution in [-0.4, -0.2) is 71.2 Å². The largest absolute Gasteiger partial charge is 0.480 e. The van der Waals surface area contributed by atoms with Gasteiger partial charge in [-0.05, 0) is 44.9 Å². The molecule has 0 spiro atoms. The average molecular weight is 422 g/mol. The predicted octanol–water partition coefficient (Wildman–Crippen LogP) is 3.54. The quantitative estimate of drug-likeness (QED) is 0.771. The van der Waals surface area contributed by atoms with Gasteiger partial charge in [-0.2, -0.15) is 0 Å². The molecule has 0 aliphatic carbocycles. The first-order valence-corrected chi connectivity index (χ1v) is 10.2. The molecule has 1 aliphatic rings. The Labute approximate surface area is 179 Å². The van der Waals surface area contributed by atoms with Gasteiger partial charge in [-0.1, -0.05) is 26.8 Å². The fraction of sp³-hybridized carbons (Fsp3) is 0.591. The second-order valence-electron chi connectivity index (χ2n) is 8.82. The summed E-state index contributed by atoms with van der Waals surface area (Å²) in [5, 5.41) is 11.5. The molecule has 1 fully saturated rings. The van der Waals surface area contributed by atoms with Gasteiger partial charge < -0.3 is 25.0 Å². The van der Waals surface area contributed by atoms with Gasteiger partial charge in [-0.3, -0.25) is 9.59 Å². The van der Waals surface area contributed by atoms with Crippen molar-refractivity contribution < 1.29 is 24.2 Å². The van der Waals surface area contributed by atoms with Gasteiger partial charge in [-0.15, -0.1) is 0 Å². The lowest BCUT2D eigenvalue weighted by Gasteiger charge is -2.35. The molecule has 1 aliphatic heterocycles. The van der Waals surface area contributed by atoms with Crippen LogP contribution >= 0.6 is 0 Å². The van der Waals surface area contributed by atoms with Gasteiger partial charge in [0.25, 0.3) is 5.91 Å². The van der Waals surface area contributed by atoms with E-state index in [-0.39, 0.29) is 18.5 Å². The minimum Gasteiger partial charge on any atom is -0.480 e. The number of hydrogen-bond acceptors (Lipinski definition) is 5. The summed E-state index contributed by atoms with van der Waals surface area (Å²) in [7, 11) is 0. The number of carbonyl (C=O) groups is 3. The maximum absolute atomic E-state index is 12.6. The molecule has 1 saturated heterocycles. The first-order valence-electron chi connectivity index (χ1n) is 10.2. The topological polar surface area (TPSA) is 99.2 Å². The molecule has 168 valence electrons. The van der Waals surface area contributed by atoms with Crippen molar-refractivity contribution in [3.05, 3.63) is 29.8 Å². The van der Waals surface area contributed by atoms with E-state index in [9.17, 15) is 14.4 Å². The summed E-state index contributed by atoms with van der Waals surface area (Å²) in [5.41, 5.74) is 0.504. The number of anilines is 1. The minimum absolute atomic E-state index is 0.146. The van der Waals surface area contributed by atoms with Gasteiger partial charge in [0.2, 0.25) is 0 Å². The molecule has 0 aromatic heterocycles. The highest BCUT2D eigenvalue weighted by Gasteiger charge is 2.28. The van der Waals surface area contributed by atoms with Crippen LogP contribution < -0.4 is 5.32 Å². The number of amides is 2. The predicted molar refractivity (Wildman–Crippen MR) is 117 cm³/mol. The summed E-state index contributed by atoms with van der Waals surface area (Å²) in [6, 6.07) is 6.73. The molecule has 8 heteroatoms. The van der Waals surface area contributed by atoms with E-state index in [0.717, 1.165) is 5.92 Å². The average Bonchev–Trinajstić information content (AvgIpc) is 2.64. The lowest BCUT2D eigenvalue weighted by atomic mass is 10.1. The fourth-order valence-corrected chi connectivity index (χ4v) is 2.54. The van der Waals surface area contributed by atoms with E-state index in [1.807, 2.05) is 20.8 Å². The Balaban J connectivity index is 0.00000103. The van der Waals surface area contributed by atoms with E-state index in [4.69, 9.17) is 9.84 Å². The Kier molecular flexibility index (Phi) is 9.62. The van der Waals surface area contributed by atoms with Gasteiger partial charge in [0.05, 0.1) is 0 Å². The van der Waals surface area contributed by atoms with Crippen molar-refractivity contribution >= 4 is 23.7 Å². The molecular weight excluding hydrogens is 386 g/mol. The van der Waals surface area contributed by atoms with Crippen molar-refractivity contribution in [2.75, 3.05) is 38.0 Å². The zero-order chi connectivity index (χ0) is 22.9. The number of hydrogen-bond donors (Lipinski definition) is 2. The van der Waals surface area contributed by atoms with E-state index >= 15 is 0 Å². The monoisotopic (exact) mass is 421 g/mol. The Morgan fingerprint density at radius 3 is 2.10 bits per heavy atom. The number of rotatable bonds is 4. The molecule has 1 aromatic carbocycles. The summed E-state index contributed by atoms with van der Waals surface area (Å²) >= 11 is 0. The van der Waals surface area contributed by atoms with Gasteiger partial charge in [-0.25, -0.2) is 4.79 Å². The molecule has 0 saturated carbocycles. The fourth-order valence-electron chi connectivity index (χ4n) is 2.54. The van der Waals surface area contributed by atoms with Gasteiger partial charge in [0, 0.05) is 37.4 Å². The molecule has 2 rings (SSSR count). The summed E-state index contributed by atoms with van der Waals surface area (Å²) in [6.45, 7) is 13.4. The third-order valence-electron chi connectivity index (χ3n) is 3.77. The zero-order valence-corrected chi connectivity index (χ0v) is 18.9. The van der Waals surface area contributed by atoms with Crippen LogP contribution in [0.5, 0.6) is 0 Å². The Hall–Kier alpha value is -2.77. The second kappa shape index (κ2) is 11.4. The van der Waals surface area contributed by atoms with E-state index < -0.39 is 11.6 Å². The number of piperazine rings is 1. The molecule has 1 aromatic rings. The molecule has 2 amide bonds. The molecule has 0 radical (unpaired) electrons. The summed E-state index contributed by atoms with van der Waals surface area (Å²) in [4.78, 5) is 38.6. The second-order valence-corrected chi connectivity index (χ2v) is 8.82. The highest BCUT2D eigenvalue weighted by Crippen LogP contribution is 2.16. The number of nitrogens with zero attached hydrogens (tertiary/aromatic N) is 2. The molecule has 0 unspecified atom stereocenters. The van der Waals surface area contributed by atoms with Crippen LogP contribution in [0.2, 0.25) is 0 Å².